The maximum Gasteiger partial charge on any atom is 0.142 e. The first-order valence-electron chi connectivity index (χ1n) is 7.74. The van der Waals surface area contributed by atoms with E-state index in [1.54, 1.807) is 0 Å². The molecule has 4 heteroatoms. The van der Waals surface area contributed by atoms with Gasteiger partial charge in [0.2, 0.25) is 0 Å². The van der Waals surface area contributed by atoms with Crippen LogP contribution < -0.4 is 9.47 Å². The van der Waals surface area contributed by atoms with E-state index in [9.17, 15) is 0 Å². The molecule has 0 N–H and O–H groups in total. The van der Waals surface area contributed by atoms with Gasteiger partial charge in [-0.2, -0.15) is 0 Å². The average molecular weight is 296 g/mol. The molecule has 4 rings (SSSR count). The first-order chi connectivity index (χ1) is 10.9. The van der Waals surface area contributed by atoms with Gasteiger partial charge in [-0.25, -0.2) is 0 Å². The second kappa shape index (κ2) is 5.99. The van der Waals surface area contributed by atoms with Crippen LogP contribution in [0.2, 0.25) is 0 Å². The summed E-state index contributed by atoms with van der Waals surface area (Å²) in [7, 11) is 0. The molecule has 2 aliphatic heterocycles. The SMILES string of the molecule is c1ccc2c(c1)CN(CCN1COc3ccccc3C1)CO2. The maximum absolute atomic E-state index is 5.81. The number of para-hydroxylation sites is 2. The van der Waals surface area contributed by atoms with Gasteiger partial charge in [-0.05, 0) is 12.1 Å². The maximum atomic E-state index is 5.81. The largest absolute Gasteiger partial charge is 0.478 e. The first kappa shape index (κ1) is 13.6. The van der Waals surface area contributed by atoms with Gasteiger partial charge in [-0.3, -0.25) is 9.80 Å². The molecule has 0 bridgehead atoms. The summed E-state index contributed by atoms with van der Waals surface area (Å²) in [6.45, 7) is 5.23. The molecule has 2 heterocycles. The summed E-state index contributed by atoms with van der Waals surface area (Å²) in [6, 6.07) is 16.6. The molecule has 22 heavy (non-hydrogen) atoms. The van der Waals surface area contributed by atoms with Gasteiger partial charge in [-0.15, -0.1) is 0 Å². The second-order valence-electron chi connectivity index (χ2n) is 5.87. The number of hydrogen-bond acceptors (Lipinski definition) is 4. The highest BCUT2D eigenvalue weighted by atomic mass is 16.5. The molecule has 4 nitrogen and oxygen atoms in total. The summed E-state index contributed by atoms with van der Waals surface area (Å²) in [6.07, 6.45) is 0. The number of ether oxygens (including phenoxy) is 2. The van der Waals surface area contributed by atoms with Crippen LogP contribution in [0.4, 0.5) is 0 Å². The van der Waals surface area contributed by atoms with E-state index in [0.29, 0.717) is 13.5 Å². The molecule has 0 aliphatic carbocycles. The normalized spacial score (nSPS) is 18.0. The molecular formula is C18H20N2O2. The molecule has 0 fully saturated rings. The van der Waals surface area contributed by atoms with Crippen molar-refractivity contribution in [1.29, 1.82) is 0 Å². The van der Waals surface area contributed by atoms with Crippen molar-refractivity contribution in [1.82, 2.24) is 9.80 Å². The average Bonchev–Trinajstić information content (AvgIpc) is 2.59. The van der Waals surface area contributed by atoms with Gasteiger partial charge in [0.05, 0.1) is 0 Å². The lowest BCUT2D eigenvalue weighted by atomic mass is 10.1. The topological polar surface area (TPSA) is 24.9 Å². The molecule has 2 aliphatic rings. The van der Waals surface area contributed by atoms with E-state index < -0.39 is 0 Å². The monoisotopic (exact) mass is 296 g/mol. The Morgan fingerprint density at radius 1 is 0.682 bits per heavy atom. The molecule has 0 saturated carbocycles. The predicted molar refractivity (Wildman–Crippen MR) is 84.7 cm³/mol. The van der Waals surface area contributed by atoms with E-state index in [2.05, 4.69) is 34.1 Å². The molecule has 0 unspecified atom stereocenters. The van der Waals surface area contributed by atoms with E-state index in [-0.39, 0.29) is 0 Å². The van der Waals surface area contributed by atoms with E-state index in [4.69, 9.17) is 9.47 Å². The summed E-state index contributed by atoms with van der Waals surface area (Å²) >= 11 is 0. The van der Waals surface area contributed by atoms with Gasteiger partial charge < -0.3 is 9.47 Å². The Morgan fingerprint density at radius 3 is 1.64 bits per heavy atom. The third-order valence-corrected chi connectivity index (χ3v) is 4.27. The van der Waals surface area contributed by atoms with Crippen molar-refractivity contribution in [2.45, 2.75) is 13.1 Å². The zero-order valence-electron chi connectivity index (χ0n) is 12.6. The van der Waals surface area contributed by atoms with Gasteiger partial charge in [0.25, 0.3) is 0 Å². The van der Waals surface area contributed by atoms with E-state index in [0.717, 1.165) is 37.7 Å². The van der Waals surface area contributed by atoms with Crippen molar-refractivity contribution in [3.05, 3.63) is 59.7 Å². The lowest BCUT2D eigenvalue weighted by Gasteiger charge is -2.33. The number of rotatable bonds is 3. The van der Waals surface area contributed by atoms with Crippen LogP contribution in [0.5, 0.6) is 11.5 Å². The van der Waals surface area contributed by atoms with Crippen LogP contribution in [-0.4, -0.2) is 36.4 Å². The van der Waals surface area contributed by atoms with Crippen LogP contribution in [-0.2, 0) is 13.1 Å². The standard InChI is InChI=1S/C18H20N2O2/c1-3-7-17-15(5-1)11-19(13-21-17)9-10-20-12-16-6-2-4-8-18(16)22-14-20/h1-8H,9-14H2. The number of benzene rings is 2. The van der Waals surface area contributed by atoms with Crippen molar-refractivity contribution in [2.75, 3.05) is 26.6 Å². The van der Waals surface area contributed by atoms with Crippen LogP contribution in [0.3, 0.4) is 0 Å². The summed E-state index contributed by atoms with van der Waals surface area (Å²) in [5.74, 6) is 2.04. The molecule has 2 aromatic rings. The summed E-state index contributed by atoms with van der Waals surface area (Å²) in [5, 5.41) is 0. The Kier molecular flexibility index (Phi) is 3.70. The molecular weight excluding hydrogens is 276 g/mol. The van der Waals surface area contributed by atoms with Crippen LogP contribution in [0.25, 0.3) is 0 Å². The van der Waals surface area contributed by atoms with Crippen molar-refractivity contribution < 1.29 is 9.47 Å². The summed E-state index contributed by atoms with van der Waals surface area (Å²) < 4.78 is 11.6. The molecule has 0 spiro atoms. The van der Waals surface area contributed by atoms with Crippen LogP contribution in [0, 0.1) is 0 Å². The fourth-order valence-corrected chi connectivity index (χ4v) is 3.02. The second-order valence-corrected chi connectivity index (χ2v) is 5.87. The van der Waals surface area contributed by atoms with Crippen molar-refractivity contribution in [2.24, 2.45) is 0 Å². The Balaban J connectivity index is 1.33. The molecule has 2 aromatic carbocycles. The van der Waals surface area contributed by atoms with E-state index in [1.165, 1.54) is 11.1 Å². The van der Waals surface area contributed by atoms with E-state index >= 15 is 0 Å². The Bertz CT molecular complexity index is 602. The zero-order chi connectivity index (χ0) is 14.8. The first-order valence-corrected chi connectivity index (χ1v) is 7.74. The van der Waals surface area contributed by atoms with Crippen LogP contribution in [0.1, 0.15) is 11.1 Å². The van der Waals surface area contributed by atoms with Gasteiger partial charge in [0, 0.05) is 37.3 Å². The Labute approximate surface area is 130 Å². The van der Waals surface area contributed by atoms with E-state index in [1.807, 2.05) is 24.3 Å². The van der Waals surface area contributed by atoms with Gasteiger partial charge >= 0.3 is 0 Å². The van der Waals surface area contributed by atoms with Crippen LogP contribution in [0.15, 0.2) is 48.5 Å². The highest BCUT2D eigenvalue weighted by Gasteiger charge is 2.20. The molecule has 114 valence electrons. The number of hydrogen-bond donors (Lipinski definition) is 0. The highest BCUT2D eigenvalue weighted by molar-refractivity contribution is 5.35. The minimum absolute atomic E-state index is 0.669. The van der Waals surface area contributed by atoms with Crippen molar-refractivity contribution in [3.8, 4) is 11.5 Å². The third kappa shape index (κ3) is 2.80. The summed E-state index contributed by atoms with van der Waals surface area (Å²) in [4.78, 5) is 4.67. The molecule has 0 radical (unpaired) electrons. The fraction of sp³-hybridized carbons (Fsp3) is 0.333. The fourth-order valence-electron chi connectivity index (χ4n) is 3.02. The van der Waals surface area contributed by atoms with Gasteiger partial charge in [-0.1, -0.05) is 36.4 Å². The number of nitrogens with zero attached hydrogens (tertiary/aromatic N) is 2. The van der Waals surface area contributed by atoms with Gasteiger partial charge in [0.15, 0.2) is 0 Å². The lowest BCUT2D eigenvalue weighted by molar-refractivity contribution is 0.0522. The minimum Gasteiger partial charge on any atom is -0.478 e. The smallest absolute Gasteiger partial charge is 0.142 e. The van der Waals surface area contributed by atoms with Crippen LogP contribution >= 0.6 is 0 Å². The highest BCUT2D eigenvalue weighted by Crippen LogP contribution is 2.25. The molecule has 0 amide bonds. The lowest BCUT2D eigenvalue weighted by Crippen LogP contribution is -2.41. The molecule has 0 saturated heterocycles. The Hall–Kier alpha value is -2.04. The summed E-state index contributed by atoms with van der Waals surface area (Å²) in [5.41, 5.74) is 2.54. The zero-order valence-corrected chi connectivity index (χ0v) is 12.6. The quantitative estimate of drug-likeness (QED) is 0.869. The predicted octanol–water partition coefficient (Wildman–Crippen LogP) is 2.69. The Morgan fingerprint density at radius 2 is 1.14 bits per heavy atom. The molecule has 0 aromatic heterocycles. The third-order valence-electron chi connectivity index (χ3n) is 4.27. The minimum atomic E-state index is 0.669. The number of fused-ring (bicyclic) bond motifs is 2. The van der Waals surface area contributed by atoms with Gasteiger partial charge in [0.1, 0.15) is 25.0 Å². The van der Waals surface area contributed by atoms with Crippen molar-refractivity contribution in [3.63, 3.8) is 0 Å². The molecule has 0 atom stereocenters. The van der Waals surface area contributed by atoms with Crippen molar-refractivity contribution >= 4 is 0 Å².